The number of piperidine rings is 1. The minimum absolute atomic E-state index is 0.0531. The molecule has 4 aromatic rings. The summed E-state index contributed by atoms with van der Waals surface area (Å²) >= 11 is 0. The minimum atomic E-state index is -1.57. The Bertz CT molecular complexity index is 2270. The summed E-state index contributed by atoms with van der Waals surface area (Å²) in [6.45, 7) is 0.860. The summed E-state index contributed by atoms with van der Waals surface area (Å²) < 4.78 is 6.92. The molecule has 0 aliphatic carbocycles. The molecular weight excluding hydrogens is 722 g/mol. The quantitative estimate of drug-likeness (QED) is 0.0594. The lowest BCUT2D eigenvalue weighted by Crippen LogP contribution is -2.54. The molecule has 16 nitrogen and oxygen atoms in total. The van der Waals surface area contributed by atoms with Crippen molar-refractivity contribution < 1.29 is 38.6 Å². The van der Waals surface area contributed by atoms with E-state index in [0.29, 0.717) is 58.5 Å². The van der Waals surface area contributed by atoms with Crippen molar-refractivity contribution in [3.8, 4) is 16.9 Å². The first-order chi connectivity index (χ1) is 27.0. The fourth-order valence-corrected chi connectivity index (χ4v) is 7.06. The minimum Gasteiger partial charge on any atom is -0.497 e. The van der Waals surface area contributed by atoms with Crippen LogP contribution in [0.5, 0.6) is 5.75 Å². The maximum Gasteiger partial charge on any atom is 0.336 e. The van der Waals surface area contributed by atoms with Crippen LogP contribution in [0, 0.1) is 0 Å². The predicted octanol–water partition coefficient (Wildman–Crippen LogP) is 3.44. The Kier molecular flexibility index (Phi) is 12.1. The SMILES string of the molecule is COc1cc(NC(C(=O)O)C(=O)NCCCCCCCCNc2cccc3c2C(=O)N(C2CCC(=O)NC2=O)C3=O)cc(-c2cn(C)c(=O)c3cnccc23)c1. The summed E-state index contributed by atoms with van der Waals surface area (Å²) in [7, 11) is 3.12. The number of aromatic nitrogens is 2. The smallest absolute Gasteiger partial charge is 0.336 e. The van der Waals surface area contributed by atoms with Gasteiger partial charge in [0.1, 0.15) is 11.8 Å². The fourth-order valence-electron chi connectivity index (χ4n) is 7.06. The number of hydrogen-bond acceptors (Lipinski definition) is 11. The summed E-state index contributed by atoms with van der Waals surface area (Å²) in [5.41, 5.74) is 2.46. The number of unbranched alkanes of at least 4 members (excludes halogenated alkanes) is 5. The van der Waals surface area contributed by atoms with Crippen molar-refractivity contribution in [1.82, 2.24) is 25.1 Å². The summed E-state index contributed by atoms with van der Waals surface area (Å²) in [5, 5.41) is 22.0. The van der Waals surface area contributed by atoms with Crippen molar-refractivity contribution >= 4 is 57.7 Å². The van der Waals surface area contributed by atoms with Gasteiger partial charge in [-0.2, -0.15) is 0 Å². The standard InChI is InChI=1S/C40H43N7O9/c1-46-22-29(26-14-17-41-21-28(26)37(46)51)23-18-24(20-25(19-23)56-2)44-34(40(54)55)36(50)43-16-8-6-4-3-5-7-15-42-30-11-9-10-27-33(30)39(53)47(38(27)52)31-12-13-32(48)45-35(31)49/h9-11,14,17-22,31,34,42,44H,3-8,12-13,15-16H2,1-2H3,(H,43,50)(H,54,55)(H,45,48,49). The van der Waals surface area contributed by atoms with Crippen LogP contribution >= 0.6 is 0 Å². The van der Waals surface area contributed by atoms with Gasteiger partial charge >= 0.3 is 5.97 Å². The highest BCUT2D eigenvalue weighted by atomic mass is 16.5. The molecule has 16 heteroatoms. The normalized spacial score (nSPS) is 15.7. The summed E-state index contributed by atoms with van der Waals surface area (Å²) in [6.07, 6.45) is 9.90. The van der Waals surface area contributed by atoms with Gasteiger partial charge in [-0.3, -0.25) is 44.0 Å². The zero-order valence-electron chi connectivity index (χ0n) is 31.1. The third kappa shape index (κ3) is 8.38. The Morgan fingerprint density at radius 3 is 2.43 bits per heavy atom. The molecule has 6 rings (SSSR count). The largest absolute Gasteiger partial charge is 0.497 e. The van der Waals surface area contributed by atoms with E-state index in [-0.39, 0.29) is 29.5 Å². The molecule has 4 heterocycles. The van der Waals surface area contributed by atoms with Gasteiger partial charge < -0.3 is 30.4 Å². The van der Waals surface area contributed by atoms with Crippen LogP contribution < -0.4 is 31.6 Å². The van der Waals surface area contributed by atoms with Crippen LogP contribution in [0.1, 0.15) is 72.1 Å². The number of amides is 5. The van der Waals surface area contributed by atoms with Crippen LogP contribution in [0.2, 0.25) is 0 Å². The Labute approximate surface area is 321 Å². The van der Waals surface area contributed by atoms with Crippen LogP contribution in [0.25, 0.3) is 21.9 Å². The lowest BCUT2D eigenvalue weighted by Gasteiger charge is -2.27. The van der Waals surface area contributed by atoms with Gasteiger partial charge in [0, 0.05) is 68.2 Å². The Morgan fingerprint density at radius 1 is 0.946 bits per heavy atom. The Hall–Kier alpha value is -6.58. The van der Waals surface area contributed by atoms with E-state index < -0.39 is 47.6 Å². The van der Waals surface area contributed by atoms with Gasteiger partial charge in [0.25, 0.3) is 23.3 Å². The second kappa shape index (κ2) is 17.3. The number of ether oxygens (including phenoxy) is 1. The first-order valence-electron chi connectivity index (χ1n) is 18.5. The van der Waals surface area contributed by atoms with E-state index >= 15 is 0 Å². The van der Waals surface area contributed by atoms with Gasteiger partial charge in [-0.15, -0.1) is 0 Å². The highest BCUT2D eigenvalue weighted by molar-refractivity contribution is 6.25. The van der Waals surface area contributed by atoms with Gasteiger partial charge in [0.15, 0.2) is 0 Å². The van der Waals surface area contributed by atoms with Crippen LogP contribution in [0.4, 0.5) is 11.4 Å². The number of carboxylic acid groups (broad SMARTS) is 1. The molecule has 0 saturated carbocycles. The number of benzene rings is 2. The second-order valence-electron chi connectivity index (χ2n) is 13.8. The van der Waals surface area contributed by atoms with Gasteiger partial charge in [-0.25, -0.2) is 4.79 Å². The molecule has 56 heavy (non-hydrogen) atoms. The number of hydrogen-bond donors (Lipinski definition) is 5. The molecule has 2 aliphatic heterocycles. The lowest BCUT2D eigenvalue weighted by atomic mass is 10.0. The number of fused-ring (bicyclic) bond motifs is 2. The number of imide groups is 2. The van der Waals surface area contributed by atoms with Gasteiger partial charge in [0.2, 0.25) is 17.9 Å². The van der Waals surface area contributed by atoms with Crippen LogP contribution in [-0.4, -0.2) is 87.3 Å². The van der Waals surface area contributed by atoms with E-state index in [1.54, 1.807) is 61.9 Å². The number of carbonyl (C=O) groups excluding carboxylic acids is 5. The number of carbonyl (C=O) groups is 6. The molecule has 2 aliphatic rings. The Morgan fingerprint density at radius 2 is 1.70 bits per heavy atom. The van der Waals surface area contributed by atoms with E-state index in [1.165, 1.54) is 17.9 Å². The van der Waals surface area contributed by atoms with E-state index in [4.69, 9.17) is 4.74 Å². The molecule has 5 N–H and O–H groups in total. The summed E-state index contributed by atoms with van der Waals surface area (Å²) in [4.78, 5) is 93.2. The molecule has 0 bridgehead atoms. The second-order valence-corrected chi connectivity index (χ2v) is 13.8. The van der Waals surface area contributed by atoms with Crippen LogP contribution in [-0.2, 0) is 26.2 Å². The van der Waals surface area contributed by atoms with E-state index in [1.807, 2.05) is 0 Å². The average molecular weight is 766 g/mol. The van der Waals surface area contributed by atoms with Crippen molar-refractivity contribution in [2.24, 2.45) is 7.05 Å². The predicted molar refractivity (Wildman–Crippen MR) is 206 cm³/mol. The third-order valence-electron chi connectivity index (χ3n) is 9.94. The van der Waals surface area contributed by atoms with Crippen molar-refractivity contribution in [3.05, 3.63) is 82.5 Å². The molecule has 2 aromatic heterocycles. The third-order valence-corrected chi connectivity index (χ3v) is 9.94. The highest BCUT2D eigenvalue weighted by Gasteiger charge is 2.45. The number of pyridine rings is 2. The number of carboxylic acids is 1. The van der Waals surface area contributed by atoms with Crippen molar-refractivity contribution in [3.63, 3.8) is 0 Å². The van der Waals surface area contributed by atoms with Crippen molar-refractivity contribution in [1.29, 1.82) is 0 Å². The summed E-state index contributed by atoms with van der Waals surface area (Å²) in [5.74, 6) is -3.78. The molecule has 2 aromatic carbocycles. The molecule has 1 saturated heterocycles. The number of aliphatic carboxylic acids is 1. The fraction of sp³-hybridized carbons (Fsp3) is 0.350. The molecule has 0 spiro atoms. The zero-order chi connectivity index (χ0) is 39.9. The number of nitrogens with zero attached hydrogens (tertiary/aromatic N) is 3. The number of rotatable bonds is 17. The van der Waals surface area contributed by atoms with E-state index in [2.05, 4.69) is 26.3 Å². The number of anilines is 2. The van der Waals surface area contributed by atoms with Crippen LogP contribution in [0.15, 0.2) is 65.8 Å². The topological polar surface area (TPSA) is 218 Å². The number of methoxy groups -OCH3 is 1. The molecule has 0 radical (unpaired) electrons. The van der Waals surface area contributed by atoms with Crippen LogP contribution in [0.3, 0.4) is 0 Å². The zero-order valence-corrected chi connectivity index (χ0v) is 31.1. The monoisotopic (exact) mass is 765 g/mol. The van der Waals surface area contributed by atoms with Crippen molar-refractivity contribution in [2.45, 2.75) is 63.5 Å². The number of aryl methyl sites for hydroxylation is 1. The molecule has 2 unspecified atom stereocenters. The Balaban J connectivity index is 0.940. The van der Waals surface area contributed by atoms with E-state index in [9.17, 15) is 38.7 Å². The number of nitrogens with one attached hydrogen (secondary N) is 4. The van der Waals surface area contributed by atoms with Gasteiger partial charge in [-0.05, 0) is 60.5 Å². The average Bonchev–Trinajstić information content (AvgIpc) is 3.44. The van der Waals surface area contributed by atoms with Crippen molar-refractivity contribution in [2.75, 3.05) is 30.8 Å². The summed E-state index contributed by atoms with van der Waals surface area (Å²) in [6, 6.07) is 9.16. The lowest BCUT2D eigenvalue weighted by molar-refractivity contribution is -0.142. The molecule has 5 amide bonds. The maximum atomic E-state index is 13.3. The van der Waals surface area contributed by atoms with Gasteiger partial charge in [-0.1, -0.05) is 31.7 Å². The molecule has 2 atom stereocenters. The first-order valence-corrected chi connectivity index (χ1v) is 18.5. The molecule has 292 valence electrons. The molecular formula is C40H43N7O9. The highest BCUT2D eigenvalue weighted by Crippen LogP contribution is 2.34. The van der Waals surface area contributed by atoms with E-state index in [0.717, 1.165) is 37.0 Å². The molecule has 1 fully saturated rings. The van der Waals surface area contributed by atoms with Gasteiger partial charge in [0.05, 0.1) is 23.6 Å². The maximum absolute atomic E-state index is 13.3. The first kappa shape index (κ1) is 39.1.